The van der Waals surface area contributed by atoms with Crippen LogP contribution in [0.25, 0.3) is 0 Å². The Morgan fingerprint density at radius 1 is 1.23 bits per heavy atom. The highest BCUT2D eigenvalue weighted by Crippen LogP contribution is 2.30. The maximum atomic E-state index is 5.72. The van der Waals surface area contributed by atoms with E-state index in [0.29, 0.717) is 12.0 Å². The van der Waals surface area contributed by atoms with E-state index in [1.54, 1.807) is 11.8 Å². The van der Waals surface area contributed by atoms with Gasteiger partial charge in [0, 0.05) is 41.6 Å². The average Bonchev–Trinajstić information content (AvgIpc) is 3.37. The smallest absolute Gasteiger partial charge is 0.191 e. The number of likely N-dealkylation sites (tertiary alicyclic amines) is 1. The van der Waals surface area contributed by atoms with E-state index < -0.39 is 0 Å². The first kappa shape index (κ1) is 18.5. The third kappa shape index (κ3) is 4.32. The fourth-order valence-electron chi connectivity index (χ4n) is 3.89. The van der Waals surface area contributed by atoms with Crippen molar-refractivity contribution in [3.8, 4) is 0 Å². The van der Waals surface area contributed by atoms with Crippen LogP contribution in [0.2, 0.25) is 0 Å². The highest BCUT2D eigenvalue weighted by molar-refractivity contribution is 7.99. The van der Waals surface area contributed by atoms with Gasteiger partial charge in [-0.15, -0.1) is 21.5 Å². The van der Waals surface area contributed by atoms with E-state index in [2.05, 4.69) is 45.8 Å². The zero-order chi connectivity index (χ0) is 17.9. The van der Waals surface area contributed by atoms with Crippen molar-refractivity contribution in [3.05, 3.63) is 27.7 Å². The zero-order valence-corrected chi connectivity index (χ0v) is 17.3. The summed E-state index contributed by atoms with van der Waals surface area (Å²) in [6.07, 6.45) is 5.11. The van der Waals surface area contributed by atoms with Gasteiger partial charge >= 0.3 is 0 Å². The van der Waals surface area contributed by atoms with Crippen molar-refractivity contribution >= 4 is 23.1 Å². The van der Waals surface area contributed by atoms with Crippen molar-refractivity contribution in [2.45, 2.75) is 56.3 Å². The predicted molar refractivity (Wildman–Crippen MR) is 107 cm³/mol. The zero-order valence-electron chi connectivity index (χ0n) is 15.7. The molecule has 0 saturated carbocycles. The molecule has 2 saturated heterocycles. The molecule has 26 heavy (non-hydrogen) atoms. The Morgan fingerprint density at radius 3 is 2.77 bits per heavy atom. The number of nitrogens with zero attached hydrogens (tertiary/aromatic N) is 4. The number of ether oxygens (including phenoxy) is 1. The van der Waals surface area contributed by atoms with E-state index in [9.17, 15) is 0 Å². The Balaban J connectivity index is 1.29. The number of thiophene rings is 1. The quantitative estimate of drug-likeness (QED) is 0.699. The topological polar surface area (TPSA) is 43.2 Å². The van der Waals surface area contributed by atoms with Gasteiger partial charge in [0.25, 0.3) is 0 Å². The number of thioether (sulfide) groups is 1. The summed E-state index contributed by atoms with van der Waals surface area (Å²) in [4.78, 5) is 5.46. The fourth-order valence-corrected chi connectivity index (χ4v) is 5.81. The van der Waals surface area contributed by atoms with Gasteiger partial charge in [0.1, 0.15) is 5.82 Å². The molecule has 2 aliphatic heterocycles. The van der Waals surface area contributed by atoms with Crippen LogP contribution < -0.4 is 0 Å². The molecule has 0 bridgehead atoms. The predicted octanol–water partition coefficient (Wildman–Crippen LogP) is 3.84. The van der Waals surface area contributed by atoms with Crippen molar-refractivity contribution in [3.63, 3.8) is 0 Å². The molecule has 0 N–H and O–H groups in total. The van der Waals surface area contributed by atoms with Gasteiger partial charge in [-0.05, 0) is 57.8 Å². The Hall–Kier alpha value is -0.890. The van der Waals surface area contributed by atoms with Crippen LogP contribution in [0.3, 0.4) is 0 Å². The molecule has 0 aliphatic carbocycles. The number of piperidine rings is 1. The highest BCUT2D eigenvalue weighted by Gasteiger charge is 2.26. The van der Waals surface area contributed by atoms with Gasteiger partial charge in [-0.1, -0.05) is 11.8 Å². The van der Waals surface area contributed by atoms with E-state index in [1.807, 2.05) is 11.3 Å². The van der Waals surface area contributed by atoms with Crippen LogP contribution in [0.15, 0.2) is 17.3 Å². The van der Waals surface area contributed by atoms with E-state index in [-0.39, 0.29) is 0 Å². The van der Waals surface area contributed by atoms with E-state index >= 15 is 0 Å². The van der Waals surface area contributed by atoms with Crippen LogP contribution in [-0.4, -0.2) is 51.2 Å². The second kappa shape index (κ2) is 8.42. The molecular weight excluding hydrogens is 364 g/mol. The lowest BCUT2D eigenvalue weighted by Gasteiger charge is -2.31. The summed E-state index contributed by atoms with van der Waals surface area (Å²) in [5.74, 6) is 2.68. The lowest BCUT2D eigenvalue weighted by molar-refractivity contribution is 0.129. The van der Waals surface area contributed by atoms with Crippen LogP contribution >= 0.6 is 23.1 Å². The average molecular weight is 393 g/mol. The molecule has 0 amide bonds. The largest absolute Gasteiger partial charge is 0.377 e. The Labute approximate surface area is 164 Å². The first-order chi connectivity index (χ1) is 12.7. The minimum atomic E-state index is 0.393. The molecule has 7 heteroatoms. The third-order valence-electron chi connectivity index (χ3n) is 5.42. The molecule has 2 aliphatic rings. The SMILES string of the molecule is Cc1ccc(CN2CCC(c3nnc(SCC4CCCO4)n3C)CC2)s1. The molecule has 0 radical (unpaired) electrons. The van der Waals surface area contributed by atoms with Gasteiger partial charge in [-0.25, -0.2) is 0 Å². The summed E-state index contributed by atoms with van der Waals surface area (Å²) < 4.78 is 7.93. The lowest BCUT2D eigenvalue weighted by Crippen LogP contribution is -2.33. The molecule has 142 valence electrons. The van der Waals surface area contributed by atoms with Crippen molar-refractivity contribution in [2.24, 2.45) is 7.05 Å². The van der Waals surface area contributed by atoms with Gasteiger partial charge in [-0.2, -0.15) is 0 Å². The van der Waals surface area contributed by atoms with Crippen LogP contribution in [-0.2, 0) is 18.3 Å². The molecule has 2 aromatic heterocycles. The standard InChI is InChI=1S/C19H28N4OS2/c1-14-5-6-17(26-14)12-23-9-7-15(8-10-23)18-20-21-19(22(18)2)25-13-16-4-3-11-24-16/h5-6,15-16H,3-4,7-13H2,1-2H3. The molecule has 2 fully saturated rings. The summed E-state index contributed by atoms with van der Waals surface area (Å²) in [7, 11) is 2.12. The van der Waals surface area contributed by atoms with Crippen molar-refractivity contribution in [1.82, 2.24) is 19.7 Å². The molecule has 5 nitrogen and oxygen atoms in total. The summed E-state index contributed by atoms with van der Waals surface area (Å²) in [5, 5.41) is 10.0. The summed E-state index contributed by atoms with van der Waals surface area (Å²) in [5.41, 5.74) is 0. The minimum Gasteiger partial charge on any atom is -0.377 e. The molecule has 1 atom stereocenters. The third-order valence-corrected chi connectivity index (χ3v) is 7.56. The second-order valence-corrected chi connectivity index (χ2v) is 9.77. The van der Waals surface area contributed by atoms with Gasteiger partial charge in [0.2, 0.25) is 0 Å². The van der Waals surface area contributed by atoms with Crippen LogP contribution in [0.1, 0.15) is 47.2 Å². The van der Waals surface area contributed by atoms with Crippen molar-refractivity contribution in [2.75, 3.05) is 25.4 Å². The maximum absolute atomic E-state index is 5.72. The normalized spacial score (nSPS) is 22.3. The van der Waals surface area contributed by atoms with Crippen molar-refractivity contribution < 1.29 is 4.74 Å². The summed E-state index contributed by atoms with van der Waals surface area (Å²) in [6, 6.07) is 4.49. The molecule has 4 rings (SSSR count). The summed E-state index contributed by atoms with van der Waals surface area (Å²) >= 11 is 3.71. The van der Waals surface area contributed by atoms with Crippen LogP contribution in [0, 0.1) is 6.92 Å². The number of aromatic nitrogens is 3. The Bertz CT molecular complexity index is 715. The number of aryl methyl sites for hydroxylation is 1. The first-order valence-corrected chi connectivity index (χ1v) is 11.4. The van der Waals surface area contributed by atoms with E-state index in [4.69, 9.17) is 4.74 Å². The Morgan fingerprint density at radius 2 is 2.08 bits per heavy atom. The van der Waals surface area contributed by atoms with Gasteiger partial charge in [-0.3, -0.25) is 4.90 Å². The number of rotatable bonds is 6. The van der Waals surface area contributed by atoms with Gasteiger partial charge < -0.3 is 9.30 Å². The van der Waals surface area contributed by atoms with E-state index in [0.717, 1.165) is 43.0 Å². The number of hydrogen-bond donors (Lipinski definition) is 0. The molecule has 0 aromatic carbocycles. The van der Waals surface area contributed by atoms with Gasteiger partial charge in [0.15, 0.2) is 5.16 Å². The monoisotopic (exact) mass is 392 g/mol. The molecular formula is C19H28N4OS2. The van der Waals surface area contributed by atoms with Gasteiger partial charge in [0.05, 0.1) is 6.10 Å². The highest BCUT2D eigenvalue weighted by atomic mass is 32.2. The molecule has 2 aromatic rings. The molecule has 0 spiro atoms. The van der Waals surface area contributed by atoms with Crippen molar-refractivity contribution in [1.29, 1.82) is 0 Å². The maximum Gasteiger partial charge on any atom is 0.191 e. The van der Waals surface area contributed by atoms with Crippen LogP contribution in [0.4, 0.5) is 0 Å². The molecule has 4 heterocycles. The Kier molecular flexibility index (Phi) is 5.98. The first-order valence-electron chi connectivity index (χ1n) is 9.60. The lowest BCUT2D eigenvalue weighted by atomic mass is 9.96. The summed E-state index contributed by atoms with van der Waals surface area (Å²) in [6.45, 7) is 6.48. The number of hydrogen-bond acceptors (Lipinski definition) is 6. The fraction of sp³-hybridized carbons (Fsp3) is 0.684. The molecule has 1 unspecified atom stereocenters. The van der Waals surface area contributed by atoms with E-state index in [1.165, 1.54) is 35.4 Å². The minimum absolute atomic E-state index is 0.393. The second-order valence-electron chi connectivity index (χ2n) is 7.41. The van der Waals surface area contributed by atoms with Crippen LogP contribution in [0.5, 0.6) is 0 Å².